The fraction of sp³-hybridized carbons (Fsp3) is 0.607. The maximum atomic E-state index is 12.5. The number of anilines is 2. The molecule has 1 atom stereocenters. The normalized spacial score (nSPS) is 15.7. The highest BCUT2D eigenvalue weighted by Gasteiger charge is 2.29. The fourth-order valence-corrected chi connectivity index (χ4v) is 4.58. The number of hydrogen-bond acceptors (Lipinski definition) is 6. The van der Waals surface area contributed by atoms with E-state index in [9.17, 15) is 14.4 Å². The van der Waals surface area contributed by atoms with Gasteiger partial charge in [-0.2, -0.15) is 0 Å². The van der Waals surface area contributed by atoms with Gasteiger partial charge in [-0.3, -0.25) is 14.3 Å². The van der Waals surface area contributed by atoms with Crippen LogP contribution < -0.4 is 21.9 Å². The lowest BCUT2D eigenvalue weighted by atomic mass is 10.1. The third-order valence-corrected chi connectivity index (χ3v) is 6.64. The van der Waals surface area contributed by atoms with E-state index >= 15 is 0 Å². The van der Waals surface area contributed by atoms with Crippen molar-refractivity contribution < 1.29 is 9.53 Å². The Morgan fingerprint density at radius 2 is 1.95 bits per heavy atom. The Bertz CT molecular complexity index is 1130. The van der Waals surface area contributed by atoms with Crippen molar-refractivity contribution in [1.82, 2.24) is 19.8 Å². The number of nitrogens with zero attached hydrogens (tertiary/aromatic N) is 2. The lowest BCUT2D eigenvalue weighted by Gasteiger charge is -2.24. The summed E-state index contributed by atoms with van der Waals surface area (Å²) in [6, 6.07) is 7.45. The minimum atomic E-state index is -0.470. The van der Waals surface area contributed by atoms with E-state index in [-0.39, 0.29) is 11.7 Å². The summed E-state index contributed by atoms with van der Waals surface area (Å²) < 4.78 is 6.71. The highest BCUT2D eigenvalue weighted by atomic mass is 16.6. The van der Waals surface area contributed by atoms with E-state index in [4.69, 9.17) is 4.74 Å². The van der Waals surface area contributed by atoms with Crippen LogP contribution in [-0.4, -0.2) is 52.3 Å². The minimum absolute atomic E-state index is 0.232. The lowest BCUT2D eigenvalue weighted by Crippen LogP contribution is -2.36. The molecule has 0 radical (unpaired) electrons. The smallest absolute Gasteiger partial charge is 0.410 e. The Morgan fingerprint density at radius 3 is 2.65 bits per heavy atom. The van der Waals surface area contributed by atoms with Gasteiger partial charge in [0.15, 0.2) is 0 Å². The highest BCUT2D eigenvalue weighted by molar-refractivity contribution is 5.68. The van der Waals surface area contributed by atoms with Crippen molar-refractivity contribution in [3.63, 3.8) is 0 Å². The number of aryl methyl sites for hydroxylation is 2. The highest BCUT2D eigenvalue weighted by Crippen LogP contribution is 2.20. The van der Waals surface area contributed by atoms with Crippen molar-refractivity contribution in [2.45, 2.75) is 78.9 Å². The van der Waals surface area contributed by atoms with Gasteiger partial charge in [-0.05, 0) is 95.6 Å². The summed E-state index contributed by atoms with van der Waals surface area (Å²) in [6.07, 6.45) is 4.29. The van der Waals surface area contributed by atoms with E-state index in [1.165, 1.54) is 21.8 Å². The zero-order valence-electron chi connectivity index (χ0n) is 23.0. The first-order valence-electron chi connectivity index (χ1n) is 13.4. The van der Waals surface area contributed by atoms with Gasteiger partial charge >= 0.3 is 11.8 Å². The van der Waals surface area contributed by atoms with Gasteiger partial charge < -0.3 is 20.3 Å². The molecule has 1 aliphatic heterocycles. The van der Waals surface area contributed by atoms with Gasteiger partial charge in [0.05, 0.1) is 0 Å². The monoisotopic (exact) mass is 513 g/mol. The Morgan fingerprint density at radius 1 is 1.16 bits per heavy atom. The summed E-state index contributed by atoms with van der Waals surface area (Å²) in [5, 5.41) is 6.62. The molecule has 0 unspecified atom stereocenters. The number of benzene rings is 1. The van der Waals surface area contributed by atoms with Gasteiger partial charge in [-0.15, -0.1) is 0 Å². The molecular weight excluding hydrogens is 470 g/mol. The number of unbranched alkanes of at least 4 members (excludes halogenated alkanes) is 2. The maximum absolute atomic E-state index is 12.5. The van der Waals surface area contributed by atoms with E-state index in [2.05, 4.69) is 29.5 Å². The number of aromatic amines is 1. The molecule has 0 aliphatic carbocycles. The first-order chi connectivity index (χ1) is 17.6. The number of ether oxygens (including phenoxy) is 1. The Balaban J connectivity index is 1.36. The Hall–Kier alpha value is -3.07. The molecule has 1 fully saturated rings. The summed E-state index contributed by atoms with van der Waals surface area (Å²) in [5.74, 6) is 0.837. The number of H-pyrrole nitrogens is 1. The van der Waals surface area contributed by atoms with Gasteiger partial charge in [0, 0.05) is 31.4 Å². The standard InChI is InChI=1S/C28H43N5O4/c1-6-22-16-23(11-10-20(22)2)30-24-17-25(34)33(26(35)31-24)14-9-7-8-13-29-18-21-12-15-32(19-21)27(36)37-28(3,4)5/h10-11,16-17,21,29-30H,6-9,12-15,18-19H2,1-5H3,(H,31,35)/t21-/m0/s1. The molecule has 1 saturated heterocycles. The second kappa shape index (κ2) is 12.9. The van der Waals surface area contributed by atoms with Crippen LogP contribution in [0.1, 0.15) is 64.5 Å². The van der Waals surface area contributed by atoms with Gasteiger partial charge in [0.25, 0.3) is 5.56 Å². The molecule has 37 heavy (non-hydrogen) atoms. The third-order valence-electron chi connectivity index (χ3n) is 6.64. The number of carbonyl (C=O) groups excluding carboxylic acids is 1. The third kappa shape index (κ3) is 8.77. The topological polar surface area (TPSA) is 108 Å². The second-order valence-corrected chi connectivity index (χ2v) is 10.9. The Labute approximate surface area is 219 Å². The number of nitrogens with one attached hydrogen (secondary N) is 3. The van der Waals surface area contributed by atoms with Crippen LogP contribution in [0.2, 0.25) is 0 Å². The van der Waals surface area contributed by atoms with Crippen molar-refractivity contribution in [3.05, 3.63) is 56.2 Å². The predicted octanol–water partition coefficient (Wildman–Crippen LogP) is 4.17. The molecule has 0 saturated carbocycles. The van der Waals surface area contributed by atoms with Crippen LogP contribution in [0.15, 0.2) is 33.9 Å². The van der Waals surface area contributed by atoms with Crippen molar-refractivity contribution in [2.24, 2.45) is 5.92 Å². The summed E-state index contributed by atoms with van der Waals surface area (Å²) in [7, 11) is 0. The molecule has 2 heterocycles. The number of likely N-dealkylation sites (tertiary alicyclic amines) is 1. The van der Waals surface area contributed by atoms with Gasteiger partial charge in [0.2, 0.25) is 0 Å². The van der Waals surface area contributed by atoms with Gasteiger partial charge in [-0.1, -0.05) is 19.4 Å². The molecule has 3 rings (SSSR count). The molecule has 0 bridgehead atoms. The largest absolute Gasteiger partial charge is 0.444 e. The predicted molar refractivity (Wildman–Crippen MR) is 148 cm³/mol. The van der Waals surface area contributed by atoms with E-state index in [1.807, 2.05) is 39.0 Å². The first-order valence-corrected chi connectivity index (χ1v) is 13.4. The molecule has 9 nitrogen and oxygen atoms in total. The SMILES string of the molecule is CCc1cc(Nc2cc(=O)n(CCCCCNC[C@@H]3CCN(C(=O)OC(C)(C)C)C3)c(=O)[nH]2)ccc1C. The molecule has 0 spiro atoms. The van der Waals surface area contributed by atoms with Crippen molar-refractivity contribution in [2.75, 3.05) is 31.5 Å². The molecule has 9 heteroatoms. The van der Waals surface area contributed by atoms with Gasteiger partial charge in [-0.25, -0.2) is 9.59 Å². The van der Waals surface area contributed by atoms with Crippen LogP contribution in [0.4, 0.5) is 16.3 Å². The molecule has 204 valence electrons. The molecule has 1 aromatic heterocycles. The fourth-order valence-electron chi connectivity index (χ4n) is 4.58. The van der Waals surface area contributed by atoms with Crippen LogP contribution in [0.5, 0.6) is 0 Å². The van der Waals surface area contributed by atoms with Crippen molar-refractivity contribution in [3.8, 4) is 0 Å². The second-order valence-electron chi connectivity index (χ2n) is 10.9. The number of amides is 1. The van der Waals surface area contributed by atoms with Gasteiger partial charge in [0.1, 0.15) is 11.4 Å². The Kier molecular flexibility index (Phi) is 9.97. The number of carbonyl (C=O) groups is 1. The summed E-state index contributed by atoms with van der Waals surface area (Å²) in [5.41, 5.74) is 2.12. The van der Waals surface area contributed by atoms with Crippen LogP contribution in [0, 0.1) is 12.8 Å². The molecule has 2 aromatic rings. The molecular formula is C28H43N5O4. The van der Waals surface area contributed by atoms with Crippen LogP contribution in [0.3, 0.4) is 0 Å². The number of aromatic nitrogens is 2. The number of hydrogen-bond donors (Lipinski definition) is 3. The summed E-state index contributed by atoms with van der Waals surface area (Å²) >= 11 is 0. The summed E-state index contributed by atoms with van der Waals surface area (Å²) in [6.45, 7) is 13.4. The molecule has 1 amide bonds. The molecule has 3 N–H and O–H groups in total. The molecule has 1 aliphatic rings. The lowest BCUT2D eigenvalue weighted by molar-refractivity contribution is 0.0288. The zero-order valence-corrected chi connectivity index (χ0v) is 23.0. The van der Waals surface area contributed by atoms with Crippen molar-refractivity contribution in [1.29, 1.82) is 0 Å². The van der Waals surface area contributed by atoms with E-state index in [0.29, 0.717) is 18.3 Å². The van der Waals surface area contributed by atoms with E-state index < -0.39 is 11.3 Å². The zero-order chi connectivity index (χ0) is 27.0. The first kappa shape index (κ1) is 28.5. The average molecular weight is 514 g/mol. The maximum Gasteiger partial charge on any atom is 0.410 e. The van der Waals surface area contributed by atoms with Crippen LogP contribution in [-0.2, 0) is 17.7 Å². The van der Waals surface area contributed by atoms with E-state index in [0.717, 1.165) is 64.0 Å². The number of rotatable bonds is 11. The summed E-state index contributed by atoms with van der Waals surface area (Å²) in [4.78, 5) is 41.8. The van der Waals surface area contributed by atoms with Crippen molar-refractivity contribution >= 4 is 17.6 Å². The average Bonchev–Trinajstić information content (AvgIpc) is 3.29. The quantitative estimate of drug-likeness (QED) is 0.389. The van der Waals surface area contributed by atoms with Crippen LogP contribution >= 0.6 is 0 Å². The van der Waals surface area contributed by atoms with Crippen LogP contribution in [0.25, 0.3) is 0 Å². The molecule has 1 aromatic carbocycles. The minimum Gasteiger partial charge on any atom is -0.444 e. The van der Waals surface area contributed by atoms with E-state index in [1.54, 1.807) is 4.90 Å².